The molecule has 35 heavy (non-hydrogen) atoms. The van der Waals surface area contributed by atoms with E-state index in [0.29, 0.717) is 25.6 Å². The van der Waals surface area contributed by atoms with Gasteiger partial charge in [0.2, 0.25) is 0 Å². The summed E-state index contributed by atoms with van der Waals surface area (Å²) in [5.74, 6) is 0.580. The minimum absolute atomic E-state index is 0.0149. The highest BCUT2D eigenvalue weighted by Gasteiger charge is 2.26. The molecule has 0 aliphatic heterocycles. The fraction of sp³-hybridized carbons (Fsp3) is 0.935. The number of hydrogen-bond donors (Lipinski definition) is 0. The Kier molecular flexibility index (Phi) is 25.2. The first-order chi connectivity index (χ1) is 17.1. The maximum Gasteiger partial charge on any atom is 0.309 e. The van der Waals surface area contributed by atoms with Gasteiger partial charge in [-0.05, 0) is 38.0 Å². The zero-order valence-corrected chi connectivity index (χ0v) is 24.1. The van der Waals surface area contributed by atoms with Crippen molar-refractivity contribution in [2.24, 2.45) is 11.8 Å². The number of hydrogen-bond acceptors (Lipinski definition) is 4. The third kappa shape index (κ3) is 20.8. The molecule has 4 nitrogen and oxygen atoms in total. The van der Waals surface area contributed by atoms with E-state index in [9.17, 15) is 9.59 Å². The highest BCUT2D eigenvalue weighted by Crippen LogP contribution is 2.27. The predicted octanol–water partition coefficient (Wildman–Crippen LogP) is 9.58. The maximum absolute atomic E-state index is 12.5. The van der Waals surface area contributed by atoms with Crippen LogP contribution in [-0.4, -0.2) is 25.2 Å². The highest BCUT2D eigenvalue weighted by molar-refractivity contribution is 5.72. The monoisotopic (exact) mass is 496 g/mol. The van der Waals surface area contributed by atoms with E-state index in [0.717, 1.165) is 70.6 Å². The number of unbranched alkanes of at least 4 members (excludes halogenated alkanes) is 14. The molecule has 4 heteroatoms. The van der Waals surface area contributed by atoms with Crippen LogP contribution < -0.4 is 0 Å². The van der Waals surface area contributed by atoms with Gasteiger partial charge in [-0.2, -0.15) is 0 Å². The average molecular weight is 497 g/mol. The van der Waals surface area contributed by atoms with Gasteiger partial charge in [-0.25, -0.2) is 0 Å². The molecule has 0 radical (unpaired) electrons. The zero-order valence-electron chi connectivity index (χ0n) is 24.1. The van der Waals surface area contributed by atoms with Crippen LogP contribution in [0.2, 0.25) is 0 Å². The molecule has 0 aliphatic carbocycles. The van der Waals surface area contributed by atoms with Crippen LogP contribution in [-0.2, 0) is 19.1 Å². The van der Waals surface area contributed by atoms with Crippen molar-refractivity contribution in [2.45, 2.75) is 163 Å². The quantitative estimate of drug-likeness (QED) is 0.0883. The molecule has 2 unspecified atom stereocenters. The lowest BCUT2D eigenvalue weighted by Gasteiger charge is -2.23. The van der Waals surface area contributed by atoms with Crippen LogP contribution in [0.5, 0.6) is 0 Å². The van der Waals surface area contributed by atoms with Gasteiger partial charge in [0.1, 0.15) is 0 Å². The first-order valence-electron chi connectivity index (χ1n) is 15.4. The average Bonchev–Trinajstić information content (AvgIpc) is 2.86. The van der Waals surface area contributed by atoms with E-state index < -0.39 is 0 Å². The molecule has 0 fully saturated rings. The predicted molar refractivity (Wildman–Crippen MR) is 149 cm³/mol. The second kappa shape index (κ2) is 26.0. The standard InChI is InChI=1S/C31H60O4/c1-5-9-22-26-34-30(32)25-21-19-17-15-13-11-12-14-16-18-20-24-28(7-3)29(8-4)31(33)35-27-23-10-6-2/h28-29H,5-27H2,1-4H3. The van der Waals surface area contributed by atoms with Crippen molar-refractivity contribution in [2.75, 3.05) is 13.2 Å². The van der Waals surface area contributed by atoms with E-state index in [1.54, 1.807) is 0 Å². The molecule has 0 amide bonds. The van der Waals surface area contributed by atoms with Gasteiger partial charge in [-0.3, -0.25) is 9.59 Å². The molecule has 0 aliphatic rings. The lowest BCUT2D eigenvalue weighted by molar-refractivity contribution is -0.151. The molecule has 0 saturated carbocycles. The van der Waals surface area contributed by atoms with Crippen LogP contribution in [0.25, 0.3) is 0 Å². The fourth-order valence-corrected chi connectivity index (χ4v) is 4.89. The van der Waals surface area contributed by atoms with Crippen molar-refractivity contribution in [3.8, 4) is 0 Å². The summed E-state index contributed by atoms with van der Waals surface area (Å²) >= 11 is 0. The smallest absolute Gasteiger partial charge is 0.309 e. The van der Waals surface area contributed by atoms with E-state index in [1.807, 2.05) is 0 Å². The summed E-state index contributed by atoms with van der Waals surface area (Å²) in [6.07, 6.45) is 24.1. The molecule has 0 bridgehead atoms. The van der Waals surface area contributed by atoms with Crippen molar-refractivity contribution in [1.29, 1.82) is 0 Å². The topological polar surface area (TPSA) is 52.6 Å². The number of rotatable bonds is 26. The summed E-state index contributed by atoms with van der Waals surface area (Å²) in [5.41, 5.74) is 0. The van der Waals surface area contributed by atoms with Crippen molar-refractivity contribution < 1.29 is 19.1 Å². The number of carbonyl (C=O) groups excluding carboxylic acids is 2. The Morgan fingerprint density at radius 1 is 0.543 bits per heavy atom. The van der Waals surface area contributed by atoms with Crippen molar-refractivity contribution >= 4 is 11.9 Å². The molecule has 0 aromatic carbocycles. The number of carbonyl (C=O) groups is 2. The normalized spacial score (nSPS) is 12.9. The largest absolute Gasteiger partial charge is 0.466 e. The maximum atomic E-state index is 12.5. The van der Waals surface area contributed by atoms with Crippen LogP contribution in [0.3, 0.4) is 0 Å². The molecule has 0 spiro atoms. The Morgan fingerprint density at radius 2 is 1.03 bits per heavy atom. The fourth-order valence-electron chi connectivity index (χ4n) is 4.89. The lowest BCUT2D eigenvalue weighted by Crippen LogP contribution is -2.25. The van der Waals surface area contributed by atoms with Gasteiger partial charge in [-0.15, -0.1) is 0 Å². The van der Waals surface area contributed by atoms with Crippen LogP contribution in [0.4, 0.5) is 0 Å². The highest BCUT2D eigenvalue weighted by atomic mass is 16.5. The summed E-state index contributed by atoms with van der Waals surface area (Å²) in [4.78, 5) is 24.1. The Labute approximate surface area is 218 Å². The Hall–Kier alpha value is -1.06. The zero-order chi connectivity index (χ0) is 26.0. The van der Waals surface area contributed by atoms with Crippen LogP contribution in [0.1, 0.15) is 163 Å². The van der Waals surface area contributed by atoms with Crippen molar-refractivity contribution in [3.05, 3.63) is 0 Å². The van der Waals surface area contributed by atoms with Gasteiger partial charge in [0, 0.05) is 6.42 Å². The second-order valence-corrected chi connectivity index (χ2v) is 10.4. The first-order valence-corrected chi connectivity index (χ1v) is 15.4. The van der Waals surface area contributed by atoms with Gasteiger partial charge in [0.25, 0.3) is 0 Å². The van der Waals surface area contributed by atoms with Crippen LogP contribution in [0, 0.1) is 11.8 Å². The SMILES string of the molecule is CCCCCOC(=O)CCCCCCCCCCCCCC(CC)C(CC)C(=O)OCCCCC. The van der Waals surface area contributed by atoms with E-state index >= 15 is 0 Å². The number of esters is 2. The van der Waals surface area contributed by atoms with Crippen molar-refractivity contribution in [1.82, 2.24) is 0 Å². The van der Waals surface area contributed by atoms with Crippen molar-refractivity contribution in [3.63, 3.8) is 0 Å². The number of ether oxygens (including phenoxy) is 2. The minimum atomic E-state index is -0.0149. The molecular formula is C31H60O4. The van der Waals surface area contributed by atoms with Gasteiger partial charge < -0.3 is 9.47 Å². The minimum Gasteiger partial charge on any atom is -0.466 e. The Bertz CT molecular complexity index is 477. The molecule has 0 rings (SSSR count). The molecule has 0 aromatic rings. The Morgan fingerprint density at radius 3 is 1.51 bits per heavy atom. The summed E-state index contributed by atoms with van der Waals surface area (Å²) in [6, 6.07) is 0. The van der Waals surface area contributed by atoms with Gasteiger partial charge in [-0.1, -0.05) is 124 Å². The first kappa shape index (κ1) is 33.9. The van der Waals surface area contributed by atoms with Gasteiger partial charge in [0.05, 0.1) is 19.1 Å². The van der Waals surface area contributed by atoms with E-state index in [-0.39, 0.29) is 17.9 Å². The summed E-state index contributed by atoms with van der Waals surface area (Å²) in [7, 11) is 0. The molecule has 2 atom stereocenters. The summed E-state index contributed by atoms with van der Waals surface area (Å²) in [5, 5.41) is 0. The molecule has 0 N–H and O–H groups in total. The summed E-state index contributed by atoms with van der Waals surface area (Å²) < 4.78 is 10.8. The van der Waals surface area contributed by atoms with E-state index in [2.05, 4.69) is 27.7 Å². The summed E-state index contributed by atoms with van der Waals surface area (Å²) in [6.45, 7) is 9.87. The van der Waals surface area contributed by atoms with Gasteiger partial charge in [0.15, 0.2) is 0 Å². The molecule has 0 aromatic heterocycles. The lowest BCUT2D eigenvalue weighted by atomic mass is 9.84. The second-order valence-electron chi connectivity index (χ2n) is 10.4. The molecule has 0 saturated heterocycles. The van der Waals surface area contributed by atoms with Crippen LogP contribution in [0.15, 0.2) is 0 Å². The third-order valence-electron chi connectivity index (χ3n) is 7.29. The van der Waals surface area contributed by atoms with E-state index in [4.69, 9.17) is 9.47 Å². The van der Waals surface area contributed by atoms with Crippen LogP contribution >= 0.6 is 0 Å². The molecular weight excluding hydrogens is 436 g/mol. The van der Waals surface area contributed by atoms with E-state index in [1.165, 1.54) is 57.8 Å². The molecule has 208 valence electrons. The third-order valence-corrected chi connectivity index (χ3v) is 7.29. The Balaban J connectivity index is 3.62. The molecule has 0 heterocycles. The van der Waals surface area contributed by atoms with Gasteiger partial charge >= 0.3 is 11.9 Å².